The number of piperidine rings is 1. The molecule has 0 aromatic carbocycles. The summed E-state index contributed by atoms with van der Waals surface area (Å²) in [5, 5.41) is 20.0. The molecule has 2 amide bonds. The summed E-state index contributed by atoms with van der Waals surface area (Å²) in [6.07, 6.45) is 2.74. The van der Waals surface area contributed by atoms with Crippen molar-refractivity contribution >= 4 is 18.0 Å². The van der Waals surface area contributed by atoms with Gasteiger partial charge in [0, 0.05) is 19.0 Å². The standard InChI is InChI=1S/C12H18N2O5/c15-10(16)4-3-9(11(17)18)13-12(19)14-6-7-1-2-8(14)5-7/h7-9H,1-6H2,(H,13,19)(H,15,16)(H,17,18)/t7?,8?,9-/m0/s1. The topological polar surface area (TPSA) is 107 Å². The second kappa shape index (κ2) is 5.46. The SMILES string of the molecule is O=C(O)CC[C@H](NC(=O)N1CC2CCC1C2)C(=O)O. The Morgan fingerprint density at radius 2 is 2.00 bits per heavy atom. The number of likely N-dealkylation sites (tertiary alicyclic amines) is 1. The Morgan fingerprint density at radius 1 is 1.26 bits per heavy atom. The minimum absolute atomic E-state index is 0.0989. The van der Waals surface area contributed by atoms with Crippen LogP contribution in [0.4, 0.5) is 4.79 Å². The molecule has 2 unspecified atom stereocenters. The average Bonchev–Trinajstić information content (AvgIpc) is 2.95. The third kappa shape index (κ3) is 3.15. The third-order valence-electron chi connectivity index (χ3n) is 3.91. The Balaban J connectivity index is 1.88. The van der Waals surface area contributed by atoms with E-state index < -0.39 is 18.0 Å². The first-order valence-electron chi connectivity index (χ1n) is 6.49. The number of hydrogen-bond donors (Lipinski definition) is 3. The van der Waals surface area contributed by atoms with Crippen molar-refractivity contribution in [2.75, 3.05) is 6.54 Å². The lowest BCUT2D eigenvalue weighted by Gasteiger charge is -2.28. The van der Waals surface area contributed by atoms with Gasteiger partial charge in [-0.05, 0) is 31.6 Å². The number of carboxylic acid groups (broad SMARTS) is 2. The fourth-order valence-corrected chi connectivity index (χ4v) is 2.93. The van der Waals surface area contributed by atoms with E-state index in [9.17, 15) is 14.4 Å². The van der Waals surface area contributed by atoms with Gasteiger partial charge in [0.2, 0.25) is 0 Å². The Bertz CT molecular complexity index is 398. The molecule has 0 aromatic rings. The lowest BCUT2D eigenvalue weighted by Crippen LogP contribution is -2.50. The number of hydrogen-bond acceptors (Lipinski definition) is 3. The van der Waals surface area contributed by atoms with Gasteiger partial charge in [-0.1, -0.05) is 0 Å². The number of nitrogens with one attached hydrogen (secondary N) is 1. The number of fused-ring (bicyclic) bond motifs is 2. The van der Waals surface area contributed by atoms with Gasteiger partial charge < -0.3 is 20.4 Å². The number of urea groups is 1. The van der Waals surface area contributed by atoms with Gasteiger partial charge in [-0.15, -0.1) is 0 Å². The molecule has 19 heavy (non-hydrogen) atoms. The lowest BCUT2D eigenvalue weighted by molar-refractivity contribution is -0.140. The molecular weight excluding hydrogens is 252 g/mol. The van der Waals surface area contributed by atoms with Crippen molar-refractivity contribution in [2.45, 2.75) is 44.2 Å². The van der Waals surface area contributed by atoms with Crippen molar-refractivity contribution in [3.05, 3.63) is 0 Å². The third-order valence-corrected chi connectivity index (χ3v) is 3.91. The molecule has 3 atom stereocenters. The van der Waals surface area contributed by atoms with Crippen molar-refractivity contribution in [2.24, 2.45) is 5.92 Å². The van der Waals surface area contributed by atoms with Crippen LogP contribution in [0.2, 0.25) is 0 Å². The molecule has 2 fully saturated rings. The highest BCUT2D eigenvalue weighted by Crippen LogP contribution is 2.37. The van der Waals surface area contributed by atoms with E-state index in [-0.39, 0.29) is 24.9 Å². The number of carbonyl (C=O) groups is 3. The maximum atomic E-state index is 12.0. The normalized spacial score (nSPS) is 26.2. The Morgan fingerprint density at radius 3 is 2.47 bits per heavy atom. The van der Waals surface area contributed by atoms with Crippen LogP contribution in [-0.4, -0.2) is 51.7 Å². The van der Waals surface area contributed by atoms with Crippen LogP contribution < -0.4 is 5.32 Å². The molecule has 7 nitrogen and oxygen atoms in total. The molecule has 1 saturated carbocycles. The summed E-state index contributed by atoms with van der Waals surface area (Å²) in [5.74, 6) is -1.72. The zero-order valence-electron chi connectivity index (χ0n) is 10.5. The van der Waals surface area contributed by atoms with Crippen LogP contribution in [0, 0.1) is 5.92 Å². The number of amides is 2. The van der Waals surface area contributed by atoms with Crippen molar-refractivity contribution in [3.8, 4) is 0 Å². The van der Waals surface area contributed by atoms with Gasteiger partial charge in [0.1, 0.15) is 6.04 Å². The highest BCUT2D eigenvalue weighted by molar-refractivity contribution is 5.83. The van der Waals surface area contributed by atoms with E-state index in [4.69, 9.17) is 10.2 Å². The van der Waals surface area contributed by atoms with Crippen molar-refractivity contribution in [3.63, 3.8) is 0 Å². The summed E-state index contributed by atoms with van der Waals surface area (Å²) in [4.78, 5) is 35.1. The summed E-state index contributed by atoms with van der Waals surface area (Å²) < 4.78 is 0. The van der Waals surface area contributed by atoms with Crippen molar-refractivity contribution in [1.82, 2.24) is 10.2 Å². The minimum Gasteiger partial charge on any atom is -0.481 e. The Kier molecular flexibility index (Phi) is 3.92. The van der Waals surface area contributed by atoms with E-state index in [0.29, 0.717) is 12.5 Å². The molecule has 1 aliphatic heterocycles. The maximum absolute atomic E-state index is 12.0. The molecular formula is C12H18N2O5. The first-order chi connectivity index (χ1) is 8.97. The highest BCUT2D eigenvalue weighted by atomic mass is 16.4. The van der Waals surface area contributed by atoms with Crippen LogP contribution in [-0.2, 0) is 9.59 Å². The van der Waals surface area contributed by atoms with E-state index >= 15 is 0 Å². The predicted octanol–water partition coefficient (Wildman–Crippen LogP) is 0.498. The molecule has 3 N–H and O–H groups in total. The maximum Gasteiger partial charge on any atom is 0.326 e. The lowest BCUT2D eigenvalue weighted by atomic mass is 10.1. The summed E-state index contributed by atoms with van der Waals surface area (Å²) >= 11 is 0. The van der Waals surface area contributed by atoms with Crippen LogP contribution in [0.1, 0.15) is 32.1 Å². The fourth-order valence-electron chi connectivity index (χ4n) is 2.93. The molecule has 1 heterocycles. The smallest absolute Gasteiger partial charge is 0.326 e. The van der Waals surface area contributed by atoms with Crippen LogP contribution in [0.5, 0.6) is 0 Å². The van der Waals surface area contributed by atoms with Gasteiger partial charge in [0.15, 0.2) is 0 Å². The van der Waals surface area contributed by atoms with Crippen LogP contribution >= 0.6 is 0 Å². The molecule has 0 spiro atoms. The van der Waals surface area contributed by atoms with Gasteiger partial charge >= 0.3 is 18.0 Å². The molecule has 7 heteroatoms. The molecule has 1 aliphatic carbocycles. The summed E-state index contributed by atoms with van der Waals surface area (Å²) in [7, 11) is 0. The summed E-state index contributed by atoms with van der Waals surface area (Å²) in [5.41, 5.74) is 0. The van der Waals surface area contributed by atoms with Crippen LogP contribution in [0.3, 0.4) is 0 Å². The first kappa shape index (κ1) is 13.6. The Hall–Kier alpha value is -1.79. The zero-order valence-corrected chi connectivity index (χ0v) is 10.5. The molecule has 0 radical (unpaired) electrons. The van der Waals surface area contributed by atoms with Gasteiger partial charge in [0.25, 0.3) is 0 Å². The van der Waals surface area contributed by atoms with Gasteiger partial charge in [-0.2, -0.15) is 0 Å². The van der Waals surface area contributed by atoms with Crippen LogP contribution in [0.15, 0.2) is 0 Å². The second-order valence-electron chi connectivity index (χ2n) is 5.26. The largest absolute Gasteiger partial charge is 0.481 e. The minimum atomic E-state index is -1.20. The predicted molar refractivity (Wildman–Crippen MR) is 64.7 cm³/mol. The van der Waals surface area contributed by atoms with Gasteiger partial charge in [-0.25, -0.2) is 9.59 Å². The van der Waals surface area contributed by atoms with Gasteiger partial charge in [0.05, 0.1) is 0 Å². The number of rotatable bonds is 5. The zero-order chi connectivity index (χ0) is 14.0. The molecule has 1 saturated heterocycles. The number of carbonyl (C=O) groups excluding carboxylic acids is 1. The van der Waals surface area contributed by atoms with E-state index in [0.717, 1.165) is 19.3 Å². The molecule has 106 valence electrons. The van der Waals surface area contributed by atoms with E-state index in [1.807, 2.05) is 0 Å². The monoisotopic (exact) mass is 270 g/mol. The quantitative estimate of drug-likeness (QED) is 0.674. The first-order valence-corrected chi connectivity index (χ1v) is 6.49. The number of aliphatic carboxylic acids is 2. The molecule has 2 rings (SSSR count). The molecule has 0 aromatic heterocycles. The fraction of sp³-hybridized carbons (Fsp3) is 0.750. The summed E-state index contributed by atoms with van der Waals surface area (Å²) in [6, 6.07) is -1.30. The number of nitrogens with zero attached hydrogens (tertiary/aromatic N) is 1. The average molecular weight is 270 g/mol. The van der Waals surface area contributed by atoms with Gasteiger partial charge in [-0.3, -0.25) is 4.79 Å². The van der Waals surface area contributed by atoms with E-state index in [1.54, 1.807) is 4.90 Å². The Labute approximate surface area is 110 Å². The summed E-state index contributed by atoms with van der Waals surface area (Å²) in [6.45, 7) is 0.682. The number of carboxylic acids is 2. The van der Waals surface area contributed by atoms with E-state index in [1.165, 1.54) is 0 Å². The second-order valence-corrected chi connectivity index (χ2v) is 5.26. The molecule has 2 bridgehead atoms. The van der Waals surface area contributed by atoms with Crippen molar-refractivity contribution < 1.29 is 24.6 Å². The van der Waals surface area contributed by atoms with Crippen LogP contribution in [0.25, 0.3) is 0 Å². The molecule has 2 aliphatic rings. The highest BCUT2D eigenvalue weighted by Gasteiger charge is 2.41. The van der Waals surface area contributed by atoms with Crippen molar-refractivity contribution in [1.29, 1.82) is 0 Å². The van der Waals surface area contributed by atoms with E-state index in [2.05, 4.69) is 5.32 Å².